The predicted molar refractivity (Wildman–Crippen MR) is 82.3 cm³/mol. The van der Waals surface area contributed by atoms with Crippen LogP contribution in [0.1, 0.15) is 34.6 Å². The van der Waals surface area contributed by atoms with Crippen molar-refractivity contribution in [1.82, 2.24) is 16.0 Å². The SMILES string of the molecule is C=CC(=O)NC(C)(C)CNC(=O)C(=C)CNC(C)(C)C. The van der Waals surface area contributed by atoms with Crippen LogP contribution in [0.3, 0.4) is 0 Å². The first kappa shape index (κ1) is 18.4. The Hall–Kier alpha value is -1.62. The van der Waals surface area contributed by atoms with Gasteiger partial charge in [-0.25, -0.2) is 0 Å². The number of nitrogens with one attached hydrogen (secondary N) is 3. The number of carbonyl (C=O) groups excluding carboxylic acids is 2. The maximum atomic E-state index is 11.9. The largest absolute Gasteiger partial charge is 0.350 e. The van der Waals surface area contributed by atoms with Gasteiger partial charge in [0.2, 0.25) is 11.8 Å². The van der Waals surface area contributed by atoms with Gasteiger partial charge in [0.05, 0.1) is 5.54 Å². The van der Waals surface area contributed by atoms with E-state index in [4.69, 9.17) is 0 Å². The Bertz CT molecular complexity index is 392. The van der Waals surface area contributed by atoms with Gasteiger partial charge in [-0.15, -0.1) is 0 Å². The molecule has 5 nitrogen and oxygen atoms in total. The van der Waals surface area contributed by atoms with Crippen LogP contribution in [0.2, 0.25) is 0 Å². The molecule has 3 N–H and O–H groups in total. The quantitative estimate of drug-likeness (QED) is 0.613. The molecular weight excluding hydrogens is 254 g/mol. The summed E-state index contributed by atoms with van der Waals surface area (Å²) in [5.74, 6) is -0.486. The Kier molecular flexibility index (Phi) is 6.65. The summed E-state index contributed by atoms with van der Waals surface area (Å²) in [4.78, 5) is 23.1. The fourth-order valence-corrected chi connectivity index (χ4v) is 1.31. The fraction of sp³-hybridized carbons (Fsp3) is 0.600. The normalized spacial score (nSPS) is 11.7. The summed E-state index contributed by atoms with van der Waals surface area (Å²) < 4.78 is 0. The highest BCUT2D eigenvalue weighted by Crippen LogP contribution is 2.02. The summed E-state index contributed by atoms with van der Waals surface area (Å²) in [6, 6.07) is 0. The van der Waals surface area contributed by atoms with Gasteiger partial charge in [0.25, 0.3) is 0 Å². The van der Waals surface area contributed by atoms with Gasteiger partial charge in [-0.05, 0) is 40.7 Å². The molecule has 0 unspecified atom stereocenters. The van der Waals surface area contributed by atoms with Crippen LogP contribution < -0.4 is 16.0 Å². The first-order valence-electron chi connectivity index (χ1n) is 6.62. The van der Waals surface area contributed by atoms with E-state index in [0.717, 1.165) is 0 Å². The van der Waals surface area contributed by atoms with Crippen molar-refractivity contribution in [2.75, 3.05) is 13.1 Å². The Balaban J connectivity index is 4.24. The summed E-state index contributed by atoms with van der Waals surface area (Å²) in [6.45, 7) is 17.6. The summed E-state index contributed by atoms with van der Waals surface area (Å²) in [5.41, 5.74) is -0.148. The molecule has 0 spiro atoms. The fourth-order valence-electron chi connectivity index (χ4n) is 1.31. The van der Waals surface area contributed by atoms with Gasteiger partial charge in [-0.2, -0.15) is 0 Å². The maximum Gasteiger partial charge on any atom is 0.247 e. The molecule has 114 valence electrons. The van der Waals surface area contributed by atoms with Crippen molar-refractivity contribution in [2.45, 2.75) is 45.7 Å². The highest BCUT2D eigenvalue weighted by atomic mass is 16.2. The van der Waals surface area contributed by atoms with Gasteiger partial charge in [0, 0.05) is 24.2 Å². The third kappa shape index (κ3) is 8.48. The van der Waals surface area contributed by atoms with Gasteiger partial charge >= 0.3 is 0 Å². The van der Waals surface area contributed by atoms with E-state index in [-0.39, 0.29) is 17.4 Å². The molecule has 0 aromatic rings. The van der Waals surface area contributed by atoms with Crippen LogP contribution in [0.5, 0.6) is 0 Å². The average molecular weight is 281 g/mol. The van der Waals surface area contributed by atoms with Crippen molar-refractivity contribution >= 4 is 11.8 Å². The van der Waals surface area contributed by atoms with E-state index in [2.05, 4.69) is 29.1 Å². The van der Waals surface area contributed by atoms with Crippen molar-refractivity contribution in [2.24, 2.45) is 0 Å². The minimum atomic E-state index is -0.543. The lowest BCUT2D eigenvalue weighted by molar-refractivity contribution is -0.120. The summed E-state index contributed by atoms with van der Waals surface area (Å²) >= 11 is 0. The molecular formula is C15H27N3O2. The number of hydrogen-bond donors (Lipinski definition) is 3. The number of amides is 2. The molecule has 0 aromatic carbocycles. The van der Waals surface area contributed by atoms with Crippen molar-refractivity contribution in [1.29, 1.82) is 0 Å². The highest BCUT2D eigenvalue weighted by Gasteiger charge is 2.21. The standard InChI is InChI=1S/C15H27N3O2/c1-8-12(19)18-15(6,7)10-16-13(20)11(2)9-17-14(3,4)5/h8,17H,1-2,9-10H2,3-7H3,(H,16,20)(H,18,19). The third-order valence-electron chi connectivity index (χ3n) is 2.49. The zero-order valence-corrected chi connectivity index (χ0v) is 13.2. The molecule has 0 aliphatic carbocycles. The zero-order chi connectivity index (χ0) is 16.0. The van der Waals surface area contributed by atoms with Crippen molar-refractivity contribution in [3.63, 3.8) is 0 Å². The third-order valence-corrected chi connectivity index (χ3v) is 2.49. The van der Waals surface area contributed by atoms with Crippen LogP contribution in [-0.2, 0) is 9.59 Å². The smallest absolute Gasteiger partial charge is 0.247 e. The summed E-state index contributed by atoms with van der Waals surface area (Å²) in [6.07, 6.45) is 1.20. The van der Waals surface area contributed by atoms with Crippen molar-refractivity contribution in [3.05, 3.63) is 24.8 Å². The van der Waals surface area contributed by atoms with E-state index < -0.39 is 5.54 Å². The lowest BCUT2D eigenvalue weighted by atomic mass is 10.1. The average Bonchev–Trinajstić information content (AvgIpc) is 2.31. The van der Waals surface area contributed by atoms with Crippen molar-refractivity contribution in [3.8, 4) is 0 Å². The Labute approximate surface area is 121 Å². The number of rotatable bonds is 7. The second-order valence-electron chi connectivity index (χ2n) is 6.47. The second kappa shape index (κ2) is 7.24. The van der Waals surface area contributed by atoms with Gasteiger partial charge in [-0.1, -0.05) is 13.2 Å². The minimum Gasteiger partial charge on any atom is -0.350 e. The number of carbonyl (C=O) groups is 2. The monoisotopic (exact) mass is 281 g/mol. The maximum absolute atomic E-state index is 11.9. The molecule has 20 heavy (non-hydrogen) atoms. The predicted octanol–water partition coefficient (Wildman–Crippen LogP) is 1.13. The van der Waals surface area contributed by atoms with Crippen LogP contribution in [0, 0.1) is 0 Å². The Morgan fingerprint density at radius 1 is 1.15 bits per heavy atom. The molecule has 0 aliphatic heterocycles. The summed E-state index contributed by atoms with van der Waals surface area (Å²) in [5, 5.41) is 8.70. The van der Waals surface area contributed by atoms with E-state index in [0.29, 0.717) is 18.7 Å². The molecule has 0 fully saturated rings. The van der Waals surface area contributed by atoms with Gasteiger partial charge in [0.15, 0.2) is 0 Å². The van der Waals surface area contributed by atoms with Gasteiger partial charge < -0.3 is 16.0 Å². The molecule has 2 amide bonds. The first-order valence-corrected chi connectivity index (χ1v) is 6.62. The Morgan fingerprint density at radius 2 is 1.70 bits per heavy atom. The molecule has 0 aliphatic rings. The van der Waals surface area contributed by atoms with Crippen LogP contribution in [0.4, 0.5) is 0 Å². The zero-order valence-electron chi connectivity index (χ0n) is 13.2. The summed E-state index contributed by atoms with van der Waals surface area (Å²) in [7, 11) is 0. The molecule has 0 heterocycles. The lowest BCUT2D eigenvalue weighted by Gasteiger charge is -2.26. The molecule has 0 rings (SSSR count). The van der Waals surface area contributed by atoms with E-state index >= 15 is 0 Å². The number of hydrogen-bond acceptors (Lipinski definition) is 3. The van der Waals surface area contributed by atoms with E-state index in [1.54, 1.807) is 0 Å². The molecule has 0 radical (unpaired) electrons. The first-order chi connectivity index (χ1) is 8.97. The van der Waals surface area contributed by atoms with Gasteiger partial charge in [-0.3, -0.25) is 9.59 Å². The minimum absolute atomic E-state index is 0.0690. The van der Waals surface area contributed by atoms with E-state index in [1.807, 2.05) is 34.6 Å². The molecule has 0 atom stereocenters. The highest BCUT2D eigenvalue weighted by molar-refractivity contribution is 5.93. The molecule has 5 heteroatoms. The van der Waals surface area contributed by atoms with E-state index in [1.165, 1.54) is 6.08 Å². The van der Waals surface area contributed by atoms with Crippen LogP contribution >= 0.6 is 0 Å². The van der Waals surface area contributed by atoms with Crippen molar-refractivity contribution < 1.29 is 9.59 Å². The van der Waals surface area contributed by atoms with Crippen LogP contribution in [0.25, 0.3) is 0 Å². The molecule has 0 bridgehead atoms. The molecule has 0 aromatic heterocycles. The molecule has 0 saturated carbocycles. The topological polar surface area (TPSA) is 70.2 Å². The second-order valence-corrected chi connectivity index (χ2v) is 6.47. The van der Waals surface area contributed by atoms with Gasteiger partial charge in [0.1, 0.15) is 0 Å². The van der Waals surface area contributed by atoms with Crippen LogP contribution in [-0.4, -0.2) is 36.0 Å². The Morgan fingerprint density at radius 3 is 2.15 bits per heavy atom. The van der Waals surface area contributed by atoms with E-state index in [9.17, 15) is 9.59 Å². The lowest BCUT2D eigenvalue weighted by Crippen LogP contribution is -2.51. The molecule has 0 saturated heterocycles. The van der Waals surface area contributed by atoms with Crippen LogP contribution in [0.15, 0.2) is 24.8 Å².